The molecule has 2 N–H and O–H groups in total. The van der Waals surface area contributed by atoms with E-state index in [1.54, 1.807) is 0 Å². The van der Waals surface area contributed by atoms with Crippen LogP contribution in [0.1, 0.15) is 38.9 Å². The molecule has 102 valence electrons. The zero-order chi connectivity index (χ0) is 13.7. The first kappa shape index (κ1) is 15.1. The molecule has 18 heavy (non-hydrogen) atoms. The second-order valence-corrected chi connectivity index (χ2v) is 5.13. The first-order valence-corrected chi connectivity index (χ1v) is 6.26. The number of hydrogen-bond acceptors (Lipinski definition) is 2. The highest BCUT2D eigenvalue weighted by Crippen LogP contribution is 2.16. The Morgan fingerprint density at radius 2 is 1.83 bits per heavy atom. The highest BCUT2D eigenvalue weighted by atomic mass is 19.2. The molecule has 4 heteroatoms. The van der Waals surface area contributed by atoms with E-state index in [2.05, 4.69) is 19.2 Å². The van der Waals surface area contributed by atoms with Crippen LogP contribution in [0, 0.1) is 17.6 Å². The van der Waals surface area contributed by atoms with E-state index in [4.69, 9.17) is 0 Å². The topological polar surface area (TPSA) is 32.3 Å². The van der Waals surface area contributed by atoms with E-state index < -0.39 is 17.7 Å². The standard InChI is InChI=1S/C14H21F2NO/c1-9(2)6-10(3)17-8-14(18)11-4-5-12(15)13(16)7-11/h4-5,7,9-10,14,17-18H,6,8H2,1-3H3. The summed E-state index contributed by atoms with van der Waals surface area (Å²) >= 11 is 0. The second-order valence-electron chi connectivity index (χ2n) is 5.13. The maximum atomic E-state index is 13.0. The van der Waals surface area contributed by atoms with Gasteiger partial charge in [-0.2, -0.15) is 0 Å². The van der Waals surface area contributed by atoms with Gasteiger partial charge in [0.15, 0.2) is 11.6 Å². The summed E-state index contributed by atoms with van der Waals surface area (Å²) in [5.74, 6) is -1.25. The minimum atomic E-state index is -0.929. The Balaban J connectivity index is 2.49. The van der Waals surface area contributed by atoms with Gasteiger partial charge in [-0.3, -0.25) is 0 Å². The van der Waals surface area contributed by atoms with Gasteiger partial charge < -0.3 is 10.4 Å². The number of benzene rings is 1. The van der Waals surface area contributed by atoms with Gasteiger partial charge in [-0.15, -0.1) is 0 Å². The third-order valence-corrected chi connectivity index (χ3v) is 2.81. The Morgan fingerprint density at radius 3 is 2.39 bits per heavy atom. The molecule has 0 spiro atoms. The van der Waals surface area contributed by atoms with Crippen molar-refractivity contribution in [2.24, 2.45) is 5.92 Å². The van der Waals surface area contributed by atoms with E-state index in [-0.39, 0.29) is 6.04 Å². The highest BCUT2D eigenvalue weighted by Gasteiger charge is 2.12. The van der Waals surface area contributed by atoms with Crippen LogP contribution in [0.2, 0.25) is 0 Å². The summed E-state index contributed by atoms with van der Waals surface area (Å²) in [7, 11) is 0. The summed E-state index contributed by atoms with van der Waals surface area (Å²) in [6.07, 6.45) is 0.180. The molecule has 0 aliphatic heterocycles. The molecule has 0 aliphatic carbocycles. The van der Waals surface area contributed by atoms with Crippen molar-refractivity contribution in [1.82, 2.24) is 5.32 Å². The van der Waals surface area contributed by atoms with Gasteiger partial charge in [0.1, 0.15) is 0 Å². The van der Waals surface area contributed by atoms with Crippen LogP contribution in [0.25, 0.3) is 0 Å². The van der Waals surface area contributed by atoms with Crippen molar-refractivity contribution in [3.8, 4) is 0 Å². The first-order valence-electron chi connectivity index (χ1n) is 6.26. The summed E-state index contributed by atoms with van der Waals surface area (Å²) in [4.78, 5) is 0. The van der Waals surface area contributed by atoms with Crippen LogP contribution in [0.3, 0.4) is 0 Å². The molecule has 2 nitrogen and oxygen atoms in total. The molecule has 0 fully saturated rings. The van der Waals surface area contributed by atoms with Gasteiger partial charge in [0.2, 0.25) is 0 Å². The first-order chi connectivity index (χ1) is 8.40. The van der Waals surface area contributed by atoms with E-state index in [0.717, 1.165) is 18.6 Å². The third kappa shape index (κ3) is 4.70. The van der Waals surface area contributed by atoms with E-state index in [9.17, 15) is 13.9 Å². The lowest BCUT2D eigenvalue weighted by Gasteiger charge is -2.19. The molecule has 0 amide bonds. The molecule has 1 rings (SSSR count). The average Bonchev–Trinajstić information content (AvgIpc) is 2.28. The van der Waals surface area contributed by atoms with Crippen LogP contribution in [-0.4, -0.2) is 17.7 Å². The minimum absolute atomic E-state index is 0.282. The minimum Gasteiger partial charge on any atom is -0.387 e. The maximum Gasteiger partial charge on any atom is 0.159 e. The second kappa shape index (κ2) is 6.81. The van der Waals surface area contributed by atoms with Gasteiger partial charge >= 0.3 is 0 Å². The van der Waals surface area contributed by atoms with Crippen LogP contribution in [-0.2, 0) is 0 Å². The normalized spacial score (nSPS) is 14.8. The van der Waals surface area contributed by atoms with E-state index in [1.165, 1.54) is 6.07 Å². The SMILES string of the molecule is CC(C)CC(C)NCC(O)c1ccc(F)c(F)c1. The summed E-state index contributed by atoms with van der Waals surface area (Å²) in [6, 6.07) is 3.75. The fourth-order valence-electron chi connectivity index (χ4n) is 1.94. The third-order valence-electron chi connectivity index (χ3n) is 2.81. The predicted molar refractivity (Wildman–Crippen MR) is 68.2 cm³/mol. The predicted octanol–water partition coefficient (Wildman–Crippen LogP) is 3.02. The molecule has 0 aliphatic rings. The Morgan fingerprint density at radius 1 is 1.17 bits per heavy atom. The smallest absolute Gasteiger partial charge is 0.159 e. The van der Waals surface area contributed by atoms with Gasteiger partial charge in [-0.1, -0.05) is 19.9 Å². The summed E-state index contributed by atoms with van der Waals surface area (Å²) < 4.78 is 25.8. The Kier molecular flexibility index (Phi) is 5.69. The summed E-state index contributed by atoms with van der Waals surface area (Å²) in [6.45, 7) is 6.63. The lowest BCUT2D eigenvalue weighted by Crippen LogP contribution is -2.31. The average molecular weight is 257 g/mol. The van der Waals surface area contributed by atoms with Crippen LogP contribution >= 0.6 is 0 Å². The maximum absolute atomic E-state index is 13.0. The lowest BCUT2D eigenvalue weighted by atomic mass is 10.0. The van der Waals surface area contributed by atoms with Crippen molar-refractivity contribution in [1.29, 1.82) is 0 Å². The highest BCUT2D eigenvalue weighted by molar-refractivity contribution is 5.20. The quantitative estimate of drug-likeness (QED) is 0.821. The fourth-order valence-corrected chi connectivity index (χ4v) is 1.94. The molecule has 1 aromatic carbocycles. The van der Waals surface area contributed by atoms with Crippen molar-refractivity contribution in [2.45, 2.75) is 39.3 Å². The van der Waals surface area contributed by atoms with Gasteiger partial charge in [0.05, 0.1) is 6.10 Å². The van der Waals surface area contributed by atoms with Crippen molar-refractivity contribution in [2.75, 3.05) is 6.54 Å². The van der Waals surface area contributed by atoms with Gasteiger partial charge in [-0.05, 0) is 37.0 Å². The fraction of sp³-hybridized carbons (Fsp3) is 0.571. The van der Waals surface area contributed by atoms with Gasteiger partial charge in [-0.25, -0.2) is 8.78 Å². The van der Waals surface area contributed by atoms with Crippen LogP contribution in [0.15, 0.2) is 18.2 Å². The molecule has 0 saturated carbocycles. The molecular weight excluding hydrogens is 236 g/mol. The number of halogens is 2. The molecule has 0 aromatic heterocycles. The molecular formula is C14H21F2NO. The largest absolute Gasteiger partial charge is 0.387 e. The zero-order valence-corrected chi connectivity index (χ0v) is 11.1. The molecule has 2 unspecified atom stereocenters. The lowest BCUT2D eigenvalue weighted by molar-refractivity contribution is 0.168. The number of hydrogen-bond donors (Lipinski definition) is 2. The van der Waals surface area contributed by atoms with E-state index in [1.807, 2.05) is 6.92 Å². The molecule has 2 atom stereocenters. The van der Waals surface area contributed by atoms with Crippen molar-refractivity contribution >= 4 is 0 Å². The van der Waals surface area contributed by atoms with E-state index in [0.29, 0.717) is 18.0 Å². The van der Waals surface area contributed by atoms with Crippen LogP contribution in [0.4, 0.5) is 8.78 Å². The zero-order valence-electron chi connectivity index (χ0n) is 11.1. The summed E-state index contributed by atoms with van der Waals surface area (Å²) in [5.41, 5.74) is 0.387. The Hall–Kier alpha value is -1.00. The molecule has 0 saturated heterocycles. The molecule has 0 bridgehead atoms. The summed E-state index contributed by atoms with van der Waals surface area (Å²) in [5, 5.41) is 13.0. The van der Waals surface area contributed by atoms with Crippen LogP contribution in [0.5, 0.6) is 0 Å². The molecule has 1 aromatic rings. The van der Waals surface area contributed by atoms with Crippen LogP contribution < -0.4 is 5.32 Å². The molecule has 0 radical (unpaired) electrons. The van der Waals surface area contributed by atoms with Crippen molar-refractivity contribution in [3.63, 3.8) is 0 Å². The van der Waals surface area contributed by atoms with E-state index >= 15 is 0 Å². The van der Waals surface area contributed by atoms with Crippen molar-refractivity contribution < 1.29 is 13.9 Å². The monoisotopic (exact) mass is 257 g/mol. The number of aliphatic hydroxyl groups is 1. The number of nitrogens with one attached hydrogen (secondary N) is 1. The Bertz CT molecular complexity index is 382. The number of aliphatic hydroxyl groups excluding tert-OH is 1. The molecule has 0 heterocycles. The van der Waals surface area contributed by atoms with Gasteiger partial charge in [0.25, 0.3) is 0 Å². The van der Waals surface area contributed by atoms with Gasteiger partial charge in [0, 0.05) is 12.6 Å². The number of rotatable bonds is 6. The van der Waals surface area contributed by atoms with Crippen molar-refractivity contribution in [3.05, 3.63) is 35.4 Å². The Labute approximate surface area is 107 Å².